The van der Waals surface area contributed by atoms with Crippen molar-refractivity contribution in [1.82, 2.24) is 10.6 Å². The summed E-state index contributed by atoms with van der Waals surface area (Å²) in [6, 6.07) is 8.10. The van der Waals surface area contributed by atoms with Crippen LogP contribution in [0.5, 0.6) is 11.5 Å². The third-order valence-corrected chi connectivity index (χ3v) is 4.23. The van der Waals surface area contributed by atoms with Gasteiger partial charge in [-0.25, -0.2) is 4.99 Å². The number of hydrogen-bond acceptors (Lipinski definition) is 4. The Bertz CT molecular complexity index is 648. The number of nitrogens with one attached hydrogen (secondary N) is 2. The Kier molecular flexibility index (Phi) is 10.3. The minimum absolute atomic E-state index is 0. The molecule has 0 bridgehead atoms. The Hall–Kier alpha value is -1.48. The smallest absolute Gasteiger partial charge is 0.191 e. The van der Waals surface area contributed by atoms with Gasteiger partial charge in [-0.1, -0.05) is 6.07 Å². The van der Waals surface area contributed by atoms with Crippen molar-refractivity contribution in [2.75, 3.05) is 27.3 Å². The molecule has 1 aromatic carbocycles. The van der Waals surface area contributed by atoms with Gasteiger partial charge >= 0.3 is 0 Å². The lowest BCUT2D eigenvalue weighted by Crippen LogP contribution is -2.38. The lowest BCUT2D eigenvalue weighted by molar-refractivity contribution is 0.354. The SMILES string of the molecule is CCNC(=NCc1ccsc1)NCCc1ccc(OC)c(OC)c1.I. The van der Waals surface area contributed by atoms with Gasteiger partial charge in [0.1, 0.15) is 0 Å². The molecule has 0 fully saturated rings. The number of ether oxygens (including phenoxy) is 2. The number of methoxy groups -OCH3 is 2. The molecule has 0 spiro atoms. The average Bonchev–Trinajstić information content (AvgIpc) is 3.13. The van der Waals surface area contributed by atoms with Crippen LogP contribution in [0.4, 0.5) is 0 Å². The third-order valence-electron chi connectivity index (χ3n) is 3.50. The average molecular weight is 475 g/mol. The second-order valence-electron chi connectivity index (χ2n) is 5.19. The molecule has 1 aromatic heterocycles. The second kappa shape index (κ2) is 12.0. The van der Waals surface area contributed by atoms with Crippen LogP contribution in [0.15, 0.2) is 40.0 Å². The fourth-order valence-corrected chi connectivity index (χ4v) is 2.92. The summed E-state index contributed by atoms with van der Waals surface area (Å²) < 4.78 is 10.6. The van der Waals surface area contributed by atoms with Gasteiger partial charge in [-0.2, -0.15) is 11.3 Å². The monoisotopic (exact) mass is 475 g/mol. The molecule has 0 aliphatic carbocycles. The van der Waals surface area contributed by atoms with Crippen molar-refractivity contribution in [1.29, 1.82) is 0 Å². The van der Waals surface area contributed by atoms with Gasteiger partial charge in [0, 0.05) is 13.1 Å². The molecule has 2 aromatic rings. The van der Waals surface area contributed by atoms with Gasteiger partial charge in [-0.15, -0.1) is 24.0 Å². The zero-order valence-corrected chi connectivity index (χ0v) is 18.0. The highest BCUT2D eigenvalue weighted by atomic mass is 127. The first kappa shape index (κ1) is 21.6. The summed E-state index contributed by atoms with van der Waals surface area (Å²) in [6.07, 6.45) is 0.878. The maximum Gasteiger partial charge on any atom is 0.191 e. The maximum atomic E-state index is 5.34. The maximum absolute atomic E-state index is 5.34. The van der Waals surface area contributed by atoms with E-state index in [1.54, 1.807) is 25.6 Å². The minimum atomic E-state index is 0. The lowest BCUT2D eigenvalue weighted by Gasteiger charge is -2.12. The van der Waals surface area contributed by atoms with Crippen LogP contribution in [0, 0.1) is 0 Å². The number of rotatable bonds is 8. The molecule has 2 N–H and O–H groups in total. The van der Waals surface area contributed by atoms with E-state index in [9.17, 15) is 0 Å². The number of nitrogens with zero attached hydrogens (tertiary/aromatic N) is 1. The Morgan fingerprint density at radius 2 is 1.88 bits per heavy atom. The van der Waals surface area contributed by atoms with Crippen molar-refractivity contribution in [3.63, 3.8) is 0 Å². The summed E-state index contributed by atoms with van der Waals surface area (Å²) in [6.45, 7) is 4.39. The van der Waals surface area contributed by atoms with E-state index in [1.807, 2.05) is 12.1 Å². The van der Waals surface area contributed by atoms with Crippen molar-refractivity contribution in [3.8, 4) is 11.5 Å². The molecule has 25 heavy (non-hydrogen) atoms. The van der Waals surface area contributed by atoms with Gasteiger partial charge in [0.25, 0.3) is 0 Å². The lowest BCUT2D eigenvalue weighted by atomic mass is 10.1. The molecule has 2 rings (SSSR count). The molecule has 0 amide bonds. The predicted octanol–water partition coefficient (Wildman–Crippen LogP) is 3.68. The van der Waals surface area contributed by atoms with E-state index in [-0.39, 0.29) is 24.0 Å². The molecule has 0 saturated heterocycles. The van der Waals surface area contributed by atoms with Gasteiger partial charge in [-0.3, -0.25) is 0 Å². The fraction of sp³-hybridized carbons (Fsp3) is 0.389. The summed E-state index contributed by atoms with van der Waals surface area (Å²) in [5, 5.41) is 10.8. The molecule has 0 aliphatic rings. The van der Waals surface area contributed by atoms with E-state index in [0.717, 1.165) is 37.0 Å². The number of guanidine groups is 1. The van der Waals surface area contributed by atoms with Crippen LogP contribution < -0.4 is 20.1 Å². The molecule has 7 heteroatoms. The molecule has 0 saturated carbocycles. The molecule has 5 nitrogen and oxygen atoms in total. The normalized spacial score (nSPS) is 10.8. The Balaban J connectivity index is 0.00000312. The molecule has 0 aliphatic heterocycles. The number of thiophene rings is 1. The van der Waals surface area contributed by atoms with Gasteiger partial charge < -0.3 is 20.1 Å². The van der Waals surface area contributed by atoms with E-state index in [0.29, 0.717) is 6.54 Å². The minimum Gasteiger partial charge on any atom is -0.493 e. The van der Waals surface area contributed by atoms with E-state index in [1.165, 1.54) is 11.1 Å². The Morgan fingerprint density at radius 1 is 1.08 bits per heavy atom. The van der Waals surface area contributed by atoms with Crippen molar-refractivity contribution < 1.29 is 9.47 Å². The first-order chi connectivity index (χ1) is 11.8. The largest absolute Gasteiger partial charge is 0.493 e. The Labute approximate surface area is 170 Å². The van der Waals surface area contributed by atoms with Crippen LogP contribution in [0.1, 0.15) is 18.1 Å². The zero-order chi connectivity index (χ0) is 17.2. The molecule has 0 unspecified atom stereocenters. The number of halogens is 1. The summed E-state index contributed by atoms with van der Waals surface area (Å²) in [5.41, 5.74) is 2.42. The zero-order valence-electron chi connectivity index (χ0n) is 14.9. The van der Waals surface area contributed by atoms with Crippen molar-refractivity contribution in [2.24, 2.45) is 4.99 Å². The molecular weight excluding hydrogens is 449 g/mol. The molecule has 138 valence electrons. The van der Waals surface area contributed by atoms with E-state index < -0.39 is 0 Å². The highest BCUT2D eigenvalue weighted by Gasteiger charge is 2.05. The van der Waals surface area contributed by atoms with E-state index >= 15 is 0 Å². The summed E-state index contributed by atoms with van der Waals surface area (Å²) in [7, 11) is 3.30. The quantitative estimate of drug-likeness (QED) is 0.348. The first-order valence-corrected chi connectivity index (χ1v) is 8.95. The Morgan fingerprint density at radius 3 is 2.52 bits per heavy atom. The van der Waals surface area contributed by atoms with Gasteiger partial charge in [0.15, 0.2) is 17.5 Å². The van der Waals surface area contributed by atoms with E-state index in [4.69, 9.17) is 9.47 Å². The molecule has 0 radical (unpaired) electrons. The standard InChI is InChI=1S/C18H25N3O2S.HI/c1-4-19-18(21-12-15-8-10-24-13-15)20-9-7-14-5-6-16(22-2)17(11-14)23-3;/h5-6,8,10-11,13H,4,7,9,12H2,1-3H3,(H2,19,20,21);1H. The second-order valence-corrected chi connectivity index (χ2v) is 5.97. The fourth-order valence-electron chi connectivity index (χ4n) is 2.26. The van der Waals surface area contributed by atoms with Crippen LogP contribution in [-0.4, -0.2) is 33.3 Å². The topological polar surface area (TPSA) is 54.9 Å². The number of hydrogen-bond donors (Lipinski definition) is 2. The molecule has 1 heterocycles. The molecule has 0 atom stereocenters. The van der Waals surface area contributed by atoms with Crippen molar-refractivity contribution >= 4 is 41.3 Å². The summed E-state index contributed by atoms with van der Waals surface area (Å²) >= 11 is 1.69. The van der Waals surface area contributed by atoms with Crippen molar-refractivity contribution in [3.05, 3.63) is 46.2 Å². The van der Waals surface area contributed by atoms with Crippen LogP contribution in [0.3, 0.4) is 0 Å². The van der Waals surface area contributed by atoms with Gasteiger partial charge in [0.05, 0.1) is 20.8 Å². The van der Waals surface area contributed by atoms with E-state index in [2.05, 4.69) is 45.4 Å². The predicted molar refractivity (Wildman–Crippen MR) is 116 cm³/mol. The van der Waals surface area contributed by atoms with Crippen molar-refractivity contribution in [2.45, 2.75) is 19.9 Å². The molecular formula is C18H26IN3O2S. The van der Waals surface area contributed by atoms with Gasteiger partial charge in [0.2, 0.25) is 0 Å². The first-order valence-electron chi connectivity index (χ1n) is 8.01. The van der Waals surface area contributed by atoms with Crippen LogP contribution in [-0.2, 0) is 13.0 Å². The van der Waals surface area contributed by atoms with Crippen LogP contribution >= 0.6 is 35.3 Å². The highest BCUT2D eigenvalue weighted by Crippen LogP contribution is 2.27. The third kappa shape index (κ3) is 7.11. The number of benzene rings is 1. The van der Waals surface area contributed by atoms with Gasteiger partial charge in [-0.05, 0) is 53.4 Å². The number of aliphatic imine (C=N–C) groups is 1. The summed E-state index contributed by atoms with van der Waals surface area (Å²) in [5.74, 6) is 2.34. The summed E-state index contributed by atoms with van der Waals surface area (Å²) in [4.78, 5) is 4.60. The van der Waals surface area contributed by atoms with Crippen LogP contribution in [0.25, 0.3) is 0 Å². The van der Waals surface area contributed by atoms with Crippen LogP contribution in [0.2, 0.25) is 0 Å². The highest BCUT2D eigenvalue weighted by molar-refractivity contribution is 14.0.